The Hall–Kier alpha value is -0.660. The molecule has 1 atom stereocenters. The number of carbonyl (C=O) groups excluding carboxylic acids is 1. The van der Waals surface area contributed by atoms with Gasteiger partial charge in [0.2, 0.25) is 5.91 Å². The van der Waals surface area contributed by atoms with Crippen LogP contribution in [0.15, 0.2) is 0 Å². The van der Waals surface area contributed by atoms with E-state index in [1.165, 1.54) is 6.26 Å². The van der Waals surface area contributed by atoms with E-state index < -0.39 is 21.8 Å². The first-order chi connectivity index (χ1) is 7.38. The highest BCUT2D eigenvalue weighted by Gasteiger charge is 2.24. The maximum atomic E-state index is 10.9. The van der Waals surface area contributed by atoms with Crippen molar-refractivity contribution in [3.05, 3.63) is 0 Å². The number of nitrogens with two attached hydrogens (primary N) is 1. The van der Waals surface area contributed by atoms with Crippen molar-refractivity contribution in [1.82, 2.24) is 4.90 Å². The number of hydrogen-bond donors (Lipinski definition) is 1. The van der Waals surface area contributed by atoms with E-state index in [9.17, 15) is 13.2 Å². The predicted octanol–water partition coefficient (Wildman–Crippen LogP) is -1.39. The third-order valence-corrected chi connectivity index (χ3v) is 3.49. The predicted molar refractivity (Wildman–Crippen MR) is 59.7 cm³/mol. The monoisotopic (exact) mass is 250 g/mol. The minimum absolute atomic E-state index is 0.172. The molecule has 1 amide bonds. The molecule has 16 heavy (non-hydrogen) atoms. The summed E-state index contributed by atoms with van der Waals surface area (Å²) >= 11 is 0. The lowest BCUT2D eigenvalue weighted by atomic mass is 10.2. The van der Waals surface area contributed by atoms with Crippen LogP contribution in [0.25, 0.3) is 0 Å². The quantitative estimate of drug-likeness (QED) is 0.648. The number of morpholine rings is 1. The van der Waals surface area contributed by atoms with Gasteiger partial charge in [-0.25, -0.2) is 8.42 Å². The van der Waals surface area contributed by atoms with Crippen molar-refractivity contribution in [2.45, 2.75) is 12.5 Å². The van der Waals surface area contributed by atoms with E-state index in [-0.39, 0.29) is 5.75 Å². The van der Waals surface area contributed by atoms with Gasteiger partial charge in [0.1, 0.15) is 15.9 Å². The largest absolute Gasteiger partial charge is 0.367 e. The van der Waals surface area contributed by atoms with Crippen molar-refractivity contribution in [3.8, 4) is 0 Å². The van der Waals surface area contributed by atoms with Crippen molar-refractivity contribution in [1.29, 1.82) is 0 Å². The van der Waals surface area contributed by atoms with Gasteiger partial charge in [-0.05, 0) is 13.0 Å². The Morgan fingerprint density at radius 2 is 2.25 bits per heavy atom. The van der Waals surface area contributed by atoms with Crippen molar-refractivity contribution in [2.75, 3.05) is 38.2 Å². The van der Waals surface area contributed by atoms with Gasteiger partial charge in [0, 0.05) is 19.3 Å². The Balaban J connectivity index is 2.30. The average Bonchev–Trinajstić information content (AvgIpc) is 2.16. The number of amides is 1. The molecule has 1 unspecified atom stereocenters. The highest BCUT2D eigenvalue weighted by Crippen LogP contribution is 2.05. The Bertz CT molecular complexity index is 341. The molecule has 1 aliphatic heterocycles. The average molecular weight is 250 g/mol. The van der Waals surface area contributed by atoms with Gasteiger partial charge < -0.3 is 10.5 Å². The lowest BCUT2D eigenvalue weighted by molar-refractivity contribution is -0.135. The molecule has 0 bridgehead atoms. The van der Waals surface area contributed by atoms with Gasteiger partial charge in [-0.1, -0.05) is 0 Å². The van der Waals surface area contributed by atoms with Crippen LogP contribution in [0.5, 0.6) is 0 Å². The summed E-state index contributed by atoms with van der Waals surface area (Å²) < 4.78 is 27.0. The third kappa shape index (κ3) is 4.91. The van der Waals surface area contributed by atoms with Gasteiger partial charge in [0.05, 0.1) is 12.4 Å². The molecular formula is C9H18N2O4S. The summed E-state index contributed by atoms with van der Waals surface area (Å²) in [4.78, 5) is 12.9. The summed E-state index contributed by atoms with van der Waals surface area (Å²) in [7, 11) is -2.90. The van der Waals surface area contributed by atoms with Gasteiger partial charge in [-0.3, -0.25) is 9.69 Å². The second-order valence-corrected chi connectivity index (χ2v) is 6.31. The molecule has 1 fully saturated rings. The summed E-state index contributed by atoms with van der Waals surface area (Å²) in [5.74, 6) is -0.293. The van der Waals surface area contributed by atoms with E-state index in [1.807, 2.05) is 4.90 Å². The fraction of sp³-hybridized carbons (Fsp3) is 0.889. The second-order valence-electron chi connectivity index (χ2n) is 4.05. The van der Waals surface area contributed by atoms with E-state index in [1.54, 1.807) is 0 Å². The molecule has 94 valence electrons. The molecule has 1 aliphatic rings. The van der Waals surface area contributed by atoms with Crippen LogP contribution in [0, 0.1) is 0 Å². The molecule has 1 heterocycles. The molecule has 0 spiro atoms. The first-order valence-corrected chi connectivity index (χ1v) is 7.25. The first-order valence-electron chi connectivity index (χ1n) is 5.19. The molecule has 0 saturated carbocycles. The number of hydrogen-bond acceptors (Lipinski definition) is 5. The fourth-order valence-electron chi connectivity index (χ4n) is 1.63. The van der Waals surface area contributed by atoms with Crippen molar-refractivity contribution < 1.29 is 17.9 Å². The van der Waals surface area contributed by atoms with Crippen molar-refractivity contribution >= 4 is 15.7 Å². The van der Waals surface area contributed by atoms with E-state index in [0.29, 0.717) is 32.7 Å². The number of ether oxygens (including phenoxy) is 1. The second kappa shape index (κ2) is 5.60. The van der Waals surface area contributed by atoms with Crippen molar-refractivity contribution in [3.63, 3.8) is 0 Å². The molecule has 0 aromatic heterocycles. The molecule has 2 N–H and O–H groups in total. The summed E-state index contributed by atoms with van der Waals surface area (Å²) in [5, 5.41) is 0. The number of sulfone groups is 1. The van der Waals surface area contributed by atoms with Gasteiger partial charge in [0.15, 0.2) is 0 Å². The molecule has 1 rings (SSSR count). The van der Waals surface area contributed by atoms with E-state index >= 15 is 0 Å². The van der Waals surface area contributed by atoms with Crippen LogP contribution in [-0.4, -0.2) is 63.6 Å². The minimum Gasteiger partial charge on any atom is -0.367 e. The maximum Gasteiger partial charge on any atom is 0.247 e. The van der Waals surface area contributed by atoms with Crippen molar-refractivity contribution in [2.24, 2.45) is 5.73 Å². The number of nitrogens with zero attached hydrogens (tertiary/aromatic N) is 1. The van der Waals surface area contributed by atoms with Gasteiger partial charge in [0.25, 0.3) is 0 Å². The van der Waals surface area contributed by atoms with Crippen LogP contribution >= 0.6 is 0 Å². The van der Waals surface area contributed by atoms with Crippen LogP contribution in [-0.2, 0) is 19.4 Å². The van der Waals surface area contributed by atoms with Crippen LogP contribution in [0.2, 0.25) is 0 Å². The third-order valence-electron chi connectivity index (χ3n) is 2.46. The maximum absolute atomic E-state index is 10.9. The minimum atomic E-state index is -2.90. The molecule has 0 aromatic carbocycles. The zero-order valence-electron chi connectivity index (χ0n) is 9.39. The van der Waals surface area contributed by atoms with Crippen LogP contribution in [0.3, 0.4) is 0 Å². The topological polar surface area (TPSA) is 89.7 Å². The Labute approximate surface area is 95.7 Å². The van der Waals surface area contributed by atoms with Crippen LogP contribution in [0.1, 0.15) is 6.42 Å². The molecule has 1 saturated heterocycles. The molecule has 0 radical (unpaired) electrons. The first kappa shape index (κ1) is 13.4. The zero-order valence-corrected chi connectivity index (χ0v) is 10.2. The normalized spacial score (nSPS) is 23.2. The number of primary amides is 1. The summed E-state index contributed by atoms with van der Waals surface area (Å²) in [5.41, 5.74) is 5.14. The lowest BCUT2D eigenvalue weighted by Crippen LogP contribution is -2.48. The fourth-order valence-corrected chi connectivity index (χ4v) is 2.28. The molecule has 6 nitrogen and oxygen atoms in total. The Kier molecular flexibility index (Phi) is 4.69. The SMILES string of the molecule is CS(=O)(=O)CCCN1CCOC(C(N)=O)C1. The van der Waals surface area contributed by atoms with E-state index in [2.05, 4.69) is 0 Å². The molecule has 0 aromatic rings. The Morgan fingerprint density at radius 1 is 1.56 bits per heavy atom. The molecular weight excluding hydrogens is 232 g/mol. The van der Waals surface area contributed by atoms with E-state index in [0.717, 1.165) is 0 Å². The van der Waals surface area contributed by atoms with Gasteiger partial charge >= 0.3 is 0 Å². The zero-order chi connectivity index (χ0) is 12.2. The van der Waals surface area contributed by atoms with Gasteiger partial charge in [-0.2, -0.15) is 0 Å². The summed E-state index contributed by atoms with van der Waals surface area (Å²) in [6, 6.07) is 0. The number of rotatable bonds is 5. The molecule has 7 heteroatoms. The standard InChI is InChI=1S/C9H18N2O4S/c1-16(13,14)6-2-3-11-4-5-15-8(7-11)9(10)12/h8H,2-7H2,1H3,(H2,10,12). The smallest absolute Gasteiger partial charge is 0.247 e. The highest BCUT2D eigenvalue weighted by molar-refractivity contribution is 7.90. The van der Waals surface area contributed by atoms with E-state index in [4.69, 9.17) is 10.5 Å². The Morgan fingerprint density at radius 3 is 2.81 bits per heavy atom. The lowest BCUT2D eigenvalue weighted by Gasteiger charge is -2.31. The summed E-state index contributed by atoms with van der Waals surface area (Å²) in [6.45, 7) is 2.29. The molecule has 0 aliphatic carbocycles. The van der Waals surface area contributed by atoms with Crippen LogP contribution in [0.4, 0.5) is 0 Å². The van der Waals surface area contributed by atoms with Gasteiger partial charge in [-0.15, -0.1) is 0 Å². The van der Waals surface area contributed by atoms with Crippen LogP contribution < -0.4 is 5.73 Å². The highest BCUT2D eigenvalue weighted by atomic mass is 32.2. The summed E-state index contributed by atoms with van der Waals surface area (Å²) in [6.07, 6.45) is 1.23. The number of carbonyl (C=O) groups is 1.